The second-order valence-corrected chi connectivity index (χ2v) is 6.05. The van der Waals surface area contributed by atoms with Crippen molar-refractivity contribution in [1.29, 1.82) is 0 Å². The predicted molar refractivity (Wildman–Crippen MR) is 105 cm³/mol. The number of rotatable bonds is 5. The maximum atomic E-state index is 12.4. The van der Waals surface area contributed by atoms with Crippen LogP contribution in [-0.2, 0) is 26.1 Å². The van der Waals surface area contributed by atoms with Crippen LogP contribution in [0.1, 0.15) is 32.9 Å². The van der Waals surface area contributed by atoms with Gasteiger partial charge in [0.25, 0.3) is 5.91 Å². The molecule has 1 amide bonds. The zero-order valence-corrected chi connectivity index (χ0v) is 16.1. The molecular formula is C17H21Cl2N7O. The summed E-state index contributed by atoms with van der Waals surface area (Å²) in [5.41, 5.74) is 4.70. The van der Waals surface area contributed by atoms with E-state index in [1.165, 1.54) is 6.33 Å². The molecule has 4 rings (SSSR count). The third-order valence-corrected chi connectivity index (χ3v) is 4.31. The number of carbonyl (C=O) groups excluding carboxylic acids is 1. The molecule has 0 fully saturated rings. The van der Waals surface area contributed by atoms with Gasteiger partial charge in [0.15, 0.2) is 5.69 Å². The number of fused-ring (bicyclic) bond motifs is 1. The van der Waals surface area contributed by atoms with Crippen molar-refractivity contribution in [2.45, 2.75) is 26.1 Å². The zero-order valence-electron chi connectivity index (χ0n) is 14.5. The van der Waals surface area contributed by atoms with Crippen LogP contribution in [0.4, 0.5) is 0 Å². The van der Waals surface area contributed by atoms with Gasteiger partial charge in [-0.15, -0.1) is 24.8 Å². The first-order chi connectivity index (χ1) is 12.3. The fourth-order valence-corrected chi connectivity index (χ4v) is 2.94. The molecular weight excluding hydrogens is 389 g/mol. The molecule has 0 atom stereocenters. The summed E-state index contributed by atoms with van der Waals surface area (Å²) in [7, 11) is 0. The van der Waals surface area contributed by atoms with Gasteiger partial charge in [0.05, 0.1) is 6.54 Å². The predicted octanol–water partition coefficient (Wildman–Crippen LogP) is 1.47. The van der Waals surface area contributed by atoms with Crippen molar-refractivity contribution in [1.82, 2.24) is 35.6 Å². The van der Waals surface area contributed by atoms with Crippen LogP contribution in [0.2, 0.25) is 0 Å². The lowest BCUT2D eigenvalue weighted by atomic mass is 10.1. The fourth-order valence-electron chi connectivity index (χ4n) is 2.94. The minimum absolute atomic E-state index is 0. The molecule has 27 heavy (non-hydrogen) atoms. The van der Waals surface area contributed by atoms with E-state index in [0.717, 1.165) is 35.3 Å². The number of amides is 1. The van der Waals surface area contributed by atoms with Gasteiger partial charge >= 0.3 is 0 Å². The zero-order chi connectivity index (χ0) is 17.1. The third-order valence-electron chi connectivity index (χ3n) is 4.31. The van der Waals surface area contributed by atoms with E-state index in [1.54, 1.807) is 11.0 Å². The summed E-state index contributed by atoms with van der Waals surface area (Å²) in [6.07, 6.45) is 4.09. The maximum absolute atomic E-state index is 12.4. The summed E-state index contributed by atoms with van der Waals surface area (Å²) < 4.78 is 1.77. The third kappa shape index (κ3) is 4.85. The van der Waals surface area contributed by atoms with Gasteiger partial charge in [0, 0.05) is 37.3 Å². The minimum atomic E-state index is -0.145. The summed E-state index contributed by atoms with van der Waals surface area (Å²) in [6, 6.07) is 8.08. The average molecular weight is 410 g/mol. The van der Waals surface area contributed by atoms with Gasteiger partial charge in [0.1, 0.15) is 12.7 Å². The van der Waals surface area contributed by atoms with E-state index in [4.69, 9.17) is 0 Å². The van der Waals surface area contributed by atoms with E-state index in [-0.39, 0.29) is 30.7 Å². The van der Waals surface area contributed by atoms with Crippen LogP contribution < -0.4 is 10.6 Å². The first-order valence-corrected chi connectivity index (χ1v) is 8.25. The number of halogens is 2. The molecule has 8 nitrogen and oxygen atoms in total. The van der Waals surface area contributed by atoms with Crippen molar-refractivity contribution in [3.8, 4) is 0 Å². The maximum Gasteiger partial charge on any atom is 0.272 e. The van der Waals surface area contributed by atoms with Crippen LogP contribution in [-0.4, -0.2) is 37.4 Å². The largest absolute Gasteiger partial charge is 0.347 e. The number of carbonyl (C=O) groups is 1. The first kappa shape index (κ1) is 20.9. The molecule has 1 aliphatic heterocycles. The van der Waals surface area contributed by atoms with E-state index in [1.807, 2.05) is 24.3 Å². The Morgan fingerprint density at radius 2 is 1.96 bits per heavy atom. The minimum Gasteiger partial charge on any atom is -0.347 e. The summed E-state index contributed by atoms with van der Waals surface area (Å²) in [6.45, 7) is 2.75. The number of hydrogen-bond acceptors (Lipinski definition) is 5. The molecule has 144 valence electrons. The Labute approximate surface area is 169 Å². The Kier molecular flexibility index (Phi) is 7.35. The van der Waals surface area contributed by atoms with E-state index in [0.29, 0.717) is 25.3 Å². The Bertz CT molecular complexity index is 862. The first-order valence-electron chi connectivity index (χ1n) is 8.25. The number of aromatic nitrogens is 5. The van der Waals surface area contributed by atoms with Crippen LogP contribution in [0.3, 0.4) is 0 Å². The summed E-state index contributed by atoms with van der Waals surface area (Å²) >= 11 is 0. The summed E-state index contributed by atoms with van der Waals surface area (Å²) in [5, 5.41) is 17.4. The Morgan fingerprint density at radius 1 is 1.19 bits per heavy atom. The van der Waals surface area contributed by atoms with Gasteiger partial charge in [-0.3, -0.25) is 9.89 Å². The smallest absolute Gasteiger partial charge is 0.272 e. The standard InChI is InChI=1S/C17H19N7O.2ClH/c25-17(16-14-8-18-6-5-15(14)22-23-16)20-7-12-1-3-13(4-2-12)9-24-11-19-10-21-24;;/h1-4,10-11,18H,5-9H2,(H,20,25)(H,22,23);2*1H. The molecule has 10 heteroatoms. The van der Waals surface area contributed by atoms with Gasteiger partial charge in [-0.05, 0) is 11.1 Å². The number of H-pyrrole nitrogens is 1. The second-order valence-electron chi connectivity index (χ2n) is 6.05. The Hall–Kier alpha value is -2.42. The van der Waals surface area contributed by atoms with E-state index in [9.17, 15) is 4.79 Å². The van der Waals surface area contributed by atoms with Crippen LogP contribution in [0, 0.1) is 0 Å². The SMILES string of the molecule is Cl.Cl.O=C(NCc1ccc(Cn2cncn2)cc1)c1n[nH]c2c1CNCC2. The highest BCUT2D eigenvalue weighted by molar-refractivity contribution is 5.94. The number of hydrogen-bond donors (Lipinski definition) is 3. The lowest BCUT2D eigenvalue weighted by Crippen LogP contribution is -2.28. The molecule has 0 saturated carbocycles. The molecule has 0 bridgehead atoms. The second kappa shape index (κ2) is 9.50. The molecule has 0 unspecified atom stereocenters. The molecule has 0 saturated heterocycles. The van der Waals surface area contributed by atoms with Gasteiger partial charge in [-0.2, -0.15) is 10.2 Å². The van der Waals surface area contributed by atoms with Crippen LogP contribution in [0.5, 0.6) is 0 Å². The van der Waals surface area contributed by atoms with Crippen molar-refractivity contribution < 1.29 is 4.79 Å². The number of nitrogens with one attached hydrogen (secondary N) is 3. The normalized spacial score (nSPS) is 12.4. The van der Waals surface area contributed by atoms with Crippen molar-refractivity contribution >= 4 is 30.7 Å². The molecule has 3 aromatic rings. The van der Waals surface area contributed by atoms with E-state index < -0.39 is 0 Å². The highest BCUT2D eigenvalue weighted by Gasteiger charge is 2.21. The van der Waals surface area contributed by atoms with Gasteiger partial charge < -0.3 is 10.6 Å². The summed E-state index contributed by atoms with van der Waals surface area (Å²) in [4.78, 5) is 16.3. The topological polar surface area (TPSA) is 101 Å². The lowest BCUT2D eigenvalue weighted by molar-refractivity contribution is 0.0944. The van der Waals surface area contributed by atoms with Crippen LogP contribution >= 0.6 is 24.8 Å². The van der Waals surface area contributed by atoms with Gasteiger partial charge in [-0.25, -0.2) is 9.67 Å². The molecule has 1 aliphatic rings. The van der Waals surface area contributed by atoms with Gasteiger partial charge in [0.2, 0.25) is 0 Å². The van der Waals surface area contributed by atoms with Crippen LogP contribution in [0.15, 0.2) is 36.9 Å². The van der Waals surface area contributed by atoms with Crippen LogP contribution in [0.25, 0.3) is 0 Å². The fraction of sp³-hybridized carbons (Fsp3) is 0.294. The molecule has 1 aromatic carbocycles. The van der Waals surface area contributed by atoms with E-state index >= 15 is 0 Å². The molecule has 0 radical (unpaired) electrons. The molecule has 2 aromatic heterocycles. The number of nitrogens with zero attached hydrogens (tertiary/aromatic N) is 4. The number of aromatic amines is 1. The Morgan fingerprint density at radius 3 is 2.70 bits per heavy atom. The van der Waals surface area contributed by atoms with Gasteiger partial charge in [-0.1, -0.05) is 24.3 Å². The number of benzene rings is 1. The highest BCUT2D eigenvalue weighted by atomic mass is 35.5. The van der Waals surface area contributed by atoms with Crippen molar-refractivity contribution in [3.63, 3.8) is 0 Å². The monoisotopic (exact) mass is 409 g/mol. The Balaban J connectivity index is 0.00000131. The molecule has 0 spiro atoms. The van der Waals surface area contributed by atoms with Crippen molar-refractivity contribution in [2.75, 3.05) is 6.54 Å². The molecule has 3 heterocycles. The van der Waals surface area contributed by atoms with Crippen molar-refractivity contribution in [2.24, 2.45) is 0 Å². The quantitative estimate of drug-likeness (QED) is 0.592. The summed E-state index contributed by atoms with van der Waals surface area (Å²) in [5.74, 6) is -0.145. The average Bonchev–Trinajstić information content (AvgIpc) is 3.30. The highest BCUT2D eigenvalue weighted by Crippen LogP contribution is 2.15. The van der Waals surface area contributed by atoms with E-state index in [2.05, 4.69) is 30.9 Å². The molecule has 3 N–H and O–H groups in total. The lowest BCUT2D eigenvalue weighted by Gasteiger charge is -2.13. The van der Waals surface area contributed by atoms with Crippen molar-refractivity contribution in [3.05, 3.63) is 65.0 Å². The molecule has 0 aliphatic carbocycles.